The lowest BCUT2D eigenvalue weighted by Gasteiger charge is -2.52. The van der Waals surface area contributed by atoms with Gasteiger partial charge in [-0.15, -0.1) is 0 Å². The highest BCUT2D eigenvalue weighted by Crippen LogP contribution is 2.56. The van der Waals surface area contributed by atoms with Gasteiger partial charge in [-0.25, -0.2) is 0 Å². The SMILES string of the molecule is CCC(C)/C=C(\C)[C@H]1C(C)=C[C@@]2(C)C[C@@H](C)CC[C@@H]2[C@H]1C(=O)C1=C/C(=C/c2ccc(O)cc2)NC1=O. The van der Waals surface area contributed by atoms with Gasteiger partial charge >= 0.3 is 0 Å². The fraction of sp³-hybridized carbons (Fsp3) is 0.500. The molecule has 4 heteroatoms. The molecule has 0 bridgehead atoms. The molecule has 1 aromatic rings. The highest BCUT2D eigenvalue weighted by Gasteiger charge is 2.52. The largest absolute Gasteiger partial charge is 0.508 e. The summed E-state index contributed by atoms with van der Waals surface area (Å²) < 4.78 is 0. The van der Waals surface area contributed by atoms with E-state index in [1.807, 2.05) is 6.08 Å². The van der Waals surface area contributed by atoms with Gasteiger partial charge in [0.25, 0.3) is 5.91 Å². The Morgan fingerprint density at radius 2 is 1.94 bits per heavy atom. The van der Waals surface area contributed by atoms with E-state index in [4.69, 9.17) is 0 Å². The third kappa shape index (κ3) is 5.14. The standard InChI is InChI=1S/C32H41NO3/c1-7-19(2)14-21(4)28-22(5)18-32(6)17-20(3)8-13-27(32)29(28)30(35)26-16-24(33-31(26)36)15-23-9-11-25(34)12-10-23/h9-12,14-16,18-20,27-29,34H,7-8,13,17H2,1-6H3,(H,33,36)/b21-14+,24-15-/t19?,20-,27+,28-,29+,32+/m0/s1. The summed E-state index contributed by atoms with van der Waals surface area (Å²) in [5.41, 5.74) is 4.20. The predicted molar refractivity (Wildman–Crippen MR) is 146 cm³/mol. The Morgan fingerprint density at radius 1 is 1.25 bits per heavy atom. The lowest BCUT2D eigenvalue weighted by atomic mass is 9.52. The van der Waals surface area contributed by atoms with Crippen LogP contribution in [0.25, 0.3) is 6.08 Å². The molecule has 36 heavy (non-hydrogen) atoms. The van der Waals surface area contributed by atoms with E-state index in [0.717, 1.165) is 31.2 Å². The molecule has 1 aliphatic heterocycles. The topological polar surface area (TPSA) is 66.4 Å². The van der Waals surface area contributed by atoms with Gasteiger partial charge in [0.05, 0.1) is 5.57 Å². The molecule has 4 nitrogen and oxygen atoms in total. The number of carbonyl (C=O) groups is 2. The normalized spacial score (nSPS) is 32.4. The zero-order chi connectivity index (χ0) is 26.2. The van der Waals surface area contributed by atoms with Crippen LogP contribution in [0.1, 0.15) is 72.8 Å². The van der Waals surface area contributed by atoms with Crippen molar-refractivity contribution in [1.29, 1.82) is 0 Å². The van der Waals surface area contributed by atoms with Crippen molar-refractivity contribution in [3.8, 4) is 5.75 Å². The van der Waals surface area contributed by atoms with Gasteiger partial charge in [-0.2, -0.15) is 0 Å². The number of Topliss-reactive ketones (excluding diaryl/α,β-unsaturated/α-hetero) is 1. The molecule has 1 saturated carbocycles. The molecule has 1 heterocycles. The Kier molecular flexibility index (Phi) is 7.45. The van der Waals surface area contributed by atoms with E-state index in [0.29, 0.717) is 17.5 Å². The fourth-order valence-corrected chi connectivity index (χ4v) is 6.97. The van der Waals surface area contributed by atoms with Gasteiger partial charge in [-0.1, -0.05) is 76.0 Å². The molecule has 3 aliphatic rings. The number of hydrogen-bond acceptors (Lipinski definition) is 3. The van der Waals surface area contributed by atoms with Crippen molar-refractivity contribution in [2.45, 2.75) is 67.2 Å². The van der Waals surface area contributed by atoms with Gasteiger partial charge in [0.15, 0.2) is 5.78 Å². The molecule has 1 unspecified atom stereocenters. The van der Waals surface area contributed by atoms with Crippen LogP contribution in [-0.2, 0) is 9.59 Å². The Bertz CT molecular complexity index is 1150. The maximum Gasteiger partial charge on any atom is 0.259 e. The van der Waals surface area contributed by atoms with Crippen molar-refractivity contribution < 1.29 is 14.7 Å². The van der Waals surface area contributed by atoms with Crippen LogP contribution >= 0.6 is 0 Å². The number of carbonyl (C=O) groups excluding carboxylic acids is 2. The Balaban J connectivity index is 1.75. The number of rotatable bonds is 6. The number of phenolic OH excluding ortho intramolecular Hbond substituents is 1. The van der Waals surface area contributed by atoms with Crippen molar-refractivity contribution in [3.63, 3.8) is 0 Å². The molecule has 4 rings (SSSR count). The molecule has 192 valence electrons. The number of phenols is 1. The molecule has 0 radical (unpaired) electrons. The highest BCUT2D eigenvalue weighted by molar-refractivity contribution is 6.23. The first-order chi connectivity index (χ1) is 17.0. The number of hydrogen-bond donors (Lipinski definition) is 2. The maximum absolute atomic E-state index is 14.3. The summed E-state index contributed by atoms with van der Waals surface area (Å²) >= 11 is 0. The van der Waals surface area contributed by atoms with Crippen molar-refractivity contribution in [1.82, 2.24) is 5.32 Å². The molecule has 1 aromatic carbocycles. The van der Waals surface area contributed by atoms with E-state index in [1.54, 1.807) is 30.3 Å². The minimum absolute atomic E-state index is 0.0248. The van der Waals surface area contributed by atoms with Crippen LogP contribution in [0.5, 0.6) is 5.75 Å². The number of allylic oxidation sites excluding steroid dienone is 5. The number of nitrogens with one attached hydrogen (secondary N) is 1. The molecule has 6 atom stereocenters. The first-order valence-electron chi connectivity index (χ1n) is 13.5. The van der Waals surface area contributed by atoms with Gasteiger partial charge in [0.1, 0.15) is 5.75 Å². The van der Waals surface area contributed by atoms with Crippen molar-refractivity contribution in [2.24, 2.45) is 35.0 Å². The zero-order valence-corrected chi connectivity index (χ0v) is 22.6. The minimum atomic E-state index is -0.314. The third-order valence-electron chi connectivity index (χ3n) is 8.71. The number of amides is 1. The van der Waals surface area contributed by atoms with Crippen molar-refractivity contribution >= 4 is 17.8 Å². The molecular formula is C32H41NO3. The molecule has 1 fully saturated rings. The molecule has 0 aromatic heterocycles. The van der Waals surface area contributed by atoms with Crippen LogP contribution in [0, 0.1) is 35.0 Å². The second-order valence-corrected chi connectivity index (χ2v) is 11.8. The second kappa shape index (κ2) is 10.2. The van der Waals surface area contributed by atoms with Crippen LogP contribution in [0.15, 0.2) is 64.9 Å². The monoisotopic (exact) mass is 487 g/mol. The predicted octanol–water partition coefficient (Wildman–Crippen LogP) is 6.99. The molecule has 0 saturated heterocycles. The van der Waals surface area contributed by atoms with Gasteiger partial charge in [0, 0.05) is 17.5 Å². The molecule has 2 aliphatic carbocycles. The van der Waals surface area contributed by atoms with E-state index >= 15 is 0 Å². The van der Waals surface area contributed by atoms with E-state index < -0.39 is 0 Å². The summed E-state index contributed by atoms with van der Waals surface area (Å²) in [6.45, 7) is 13.4. The summed E-state index contributed by atoms with van der Waals surface area (Å²) in [5, 5.41) is 12.4. The summed E-state index contributed by atoms with van der Waals surface area (Å²) in [6, 6.07) is 6.78. The van der Waals surface area contributed by atoms with Gasteiger partial charge in [-0.3, -0.25) is 9.59 Å². The van der Waals surface area contributed by atoms with E-state index in [1.165, 1.54) is 11.1 Å². The Labute approximate surface area is 216 Å². The van der Waals surface area contributed by atoms with Crippen molar-refractivity contribution in [2.75, 3.05) is 0 Å². The lowest BCUT2D eigenvalue weighted by molar-refractivity contribution is -0.128. The fourth-order valence-electron chi connectivity index (χ4n) is 6.97. The van der Waals surface area contributed by atoms with Crippen LogP contribution in [0.2, 0.25) is 0 Å². The quantitative estimate of drug-likeness (QED) is 0.336. The third-order valence-corrected chi connectivity index (χ3v) is 8.71. The first-order valence-corrected chi connectivity index (χ1v) is 13.5. The average molecular weight is 488 g/mol. The van der Waals surface area contributed by atoms with Gasteiger partial charge < -0.3 is 10.4 Å². The number of ketones is 1. The van der Waals surface area contributed by atoms with E-state index in [-0.39, 0.29) is 46.2 Å². The lowest BCUT2D eigenvalue weighted by Crippen LogP contribution is -2.48. The maximum atomic E-state index is 14.3. The minimum Gasteiger partial charge on any atom is -0.508 e. The van der Waals surface area contributed by atoms with Crippen LogP contribution < -0.4 is 5.32 Å². The number of benzene rings is 1. The van der Waals surface area contributed by atoms with Gasteiger partial charge in [0.2, 0.25) is 0 Å². The van der Waals surface area contributed by atoms with E-state index in [9.17, 15) is 14.7 Å². The summed E-state index contributed by atoms with van der Waals surface area (Å²) in [5.74, 6) is 0.933. The molecule has 1 amide bonds. The summed E-state index contributed by atoms with van der Waals surface area (Å²) in [6.07, 6.45) is 12.6. The molecule has 2 N–H and O–H groups in total. The average Bonchev–Trinajstić information content (AvgIpc) is 3.18. The summed E-state index contributed by atoms with van der Waals surface area (Å²) in [4.78, 5) is 27.4. The van der Waals surface area contributed by atoms with Crippen LogP contribution in [0.3, 0.4) is 0 Å². The smallest absolute Gasteiger partial charge is 0.259 e. The highest BCUT2D eigenvalue weighted by atomic mass is 16.3. The number of aromatic hydroxyl groups is 1. The molecular weight excluding hydrogens is 446 g/mol. The van der Waals surface area contributed by atoms with E-state index in [2.05, 4.69) is 59.0 Å². The Morgan fingerprint density at radius 3 is 2.61 bits per heavy atom. The Hall–Kier alpha value is -2.88. The first kappa shape index (κ1) is 26.2. The van der Waals surface area contributed by atoms with Crippen molar-refractivity contribution in [3.05, 3.63) is 70.5 Å². The second-order valence-electron chi connectivity index (χ2n) is 11.8. The zero-order valence-electron chi connectivity index (χ0n) is 22.6. The number of fused-ring (bicyclic) bond motifs is 1. The summed E-state index contributed by atoms with van der Waals surface area (Å²) in [7, 11) is 0. The van der Waals surface area contributed by atoms with Gasteiger partial charge in [-0.05, 0) is 79.7 Å². The molecule has 0 spiro atoms. The van der Waals surface area contributed by atoms with Crippen LogP contribution in [-0.4, -0.2) is 16.8 Å². The van der Waals surface area contributed by atoms with Crippen LogP contribution in [0.4, 0.5) is 0 Å².